The van der Waals surface area contributed by atoms with Crippen molar-refractivity contribution in [2.24, 2.45) is 0 Å². The number of nitrogens with zero attached hydrogens (tertiary/aromatic N) is 1. The lowest BCUT2D eigenvalue weighted by Gasteiger charge is -2.34. The zero-order valence-electron chi connectivity index (χ0n) is 15.9. The highest BCUT2D eigenvalue weighted by molar-refractivity contribution is 5.94. The normalized spacial score (nSPS) is 22.2. The van der Waals surface area contributed by atoms with Gasteiger partial charge in [0.2, 0.25) is 5.91 Å². The van der Waals surface area contributed by atoms with E-state index in [1.54, 1.807) is 0 Å². The molecule has 0 radical (unpaired) electrons. The lowest BCUT2D eigenvalue weighted by Crippen LogP contribution is -2.48. The van der Waals surface area contributed by atoms with E-state index >= 15 is 0 Å². The van der Waals surface area contributed by atoms with Crippen LogP contribution in [0.4, 0.5) is 5.69 Å². The number of amides is 1. The summed E-state index contributed by atoms with van der Waals surface area (Å²) in [6.07, 6.45) is 0.353. The van der Waals surface area contributed by atoms with Crippen LogP contribution in [-0.4, -0.2) is 42.6 Å². The van der Waals surface area contributed by atoms with Crippen LogP contribution in [0, 0.1) is 0 Å². The van der Waals surface area contributed by atoms with Crippen molar-refractivity contribution in [3.63, 3.8) is 0 Å². The molecular weight excluding hydrogens is 300 g/mol. The number of para-hydroxylation sites is 1. The summed E-state index contributed by atoms with van der Waals surface area (Å²) in [5, 5.41) is 3.20. The molecule has 1 aliphatic rings. The number of ether oxygens (including phenoxy) is 1. The van der Waals surface area contributed by atoms with Crippen LogP contribution in [-0.2, 0) is 9.53 Å². The molecule has 0 saturated carbocycles. The quantitative estimate of drug-likeness (QED) is 0.887. The van der Waals surface area contributed by atoms with Gasteiger partial charge in [-0.15, -0.1) is 0 Å². The zero-order valence-corrected chi connectivity index (χ0v) is 15.9. The van der Waals surface area contributed by atoms with Crippen LogP contribution in [0.3, 0.4) is 0 Å². The molecule has 1 aromatic carbocycles. The number of nitrogens with one attached hydrogen (secondary N) is 1. The van der Waals surface area contributed by atoms with E-state index in [0.29, 0.717) is 18.4 Å². The van der Waals surface area contributed by atoms with Gasteiger partial charge in [-0.1, -0.05) is 45.9 Å². The highest BCUT2D eigenvalue weighted by Gasteiger charge is 2.24. The van der Waals surface area contributed by atoms with Crippen molar-refractivity contribution in [2.75, 3.05) is 25.0 Å². The van der Waals surface area contributed by atoms with Crippen LogP contribution in [0.5, 0.6) is 0 Å². The van der Waals surface area contributed by atoms with Crippen molar-refractivity contribution in [1.29, 1.82) is 0 Å². The smallest absolute Gasteiger partial charge is 0.238 e. The Bertz CT molecular complexity index is 533. The molecule has 1 aromatic rings. The van der Waals surface area contributed by atoms with E-state index in [1.807, 2.05) is 0 Å². The molecule has 0 bridgehead atoms. The van der Waals surface area contributed by atoms with E-state index in [0.717, 1.165) is 18.8 Å². The SMILES string of the molecule is CC(C)c1cccc(C(C)C)c1NC(=O)CN1C[C@@H](C)O[C@@H](C)C1. The minimum Gasteiger partial charge on any atom is -0.373 e. The van der Waals surface area contributed by atoms with Gasteiger partial charge >= 0.3 is 0 Å². The predicted molar refractivity (Wildman–Crippen MR) is 99.7 cm³/mol. The standard InChI is InChI=1S/C20H32N2O2/c1-13(2)17-8-7-9-18(14(3)4)20(17)21-19(23)12-22-10-15(5)24-16(6)11-22/h7-9,13-16H,10-12H2,1-6H3,(H,21,23)/t15-,16+. The highest BCUT2D eigenvalue weighted by Crippen LogP contribution is 2.32. The molecule has 4 nitrogen and oxygen atoms in total. The van der Waals surface area contributed by atoms with Gasteiger partial charge in [-0.05, 0) is 36.8 Å². The Morgan fingerprint density at radius 2 is 1.62 bits per heavy atom. The molecule has 1 heterocycles. The van der Waals surface area contributed by atoms with E-state index in [1.165, 1.54) is 11.1 Å². The molecule has 1 aliphatic heterocycles. The van der Waals surface area contributed by atoms with E-state index in [9.17, 15) is 4.79 Å². The van der Waals surface area contributed by atoms with Crippen LogP contribution >= 0.6 is 0 Å². The van der Waals surface area contributed by atoms with Gasteiger partial charge in [-0.3, -0.25) is 9.69 Å². The number of carbonyl (C=O) groups is 1. The first-order valence-corrected chi connectivity index (χ1v) is 9.08. The average molecular weight is 332 g/mol. The second-order valence-corrected chi connectivity index (χ2v) is 7.62. The summed E-state index contributed by atoms with van der Waals surface area (Å²) < 4.78 is 5.74. The van der Waals surface area contributed by atoms with E-state index < -0.39 is 0 Å². The number of rotatable bonds is 5. The van der Waals surface area contributed by atoms with E-state index in [2.05, 4.69) is 70.0 Å². The van der Waals surface area contributed by atoms with Crippen molar-refractivity contribution in [3.05, 3.63) is 29.3 Å². The monoisotopic (exact) mass is 332 g/mol. The molecule has 1 amide bonds. The minimum atomic E-state index is 0.0614. The van der Waals surface area contributed by atoms with Crippen molar-refractivity contribution >= 4 is 11.6 Å². The molecule has 24 heavy (non-hydrogen) atoms. The van der Waals surface area contributed by atoms with Crippen LogP contribution in [0.15, 0.2) is 18.2 Å². The van der Waals surface area contributed by atoms with Gasteiger partial charge in [-0.2, -0.15) is 0 Å². The van der Waals surface area contributed by atoms with Gasteiger partial charge < -0.3 is 10.1 Å². The number of benzene rings is 1. The molecule has 1 saturated heterocycles. The summed E-state index contributed by atoms with van der Waals surface area (Å²) in [6.45, 7) is 14.8. The maximum absolute atomic E-state index is 12.7. The number of hydrogen-bond acceptors (Lipinski definition) is 3. The van der Waals surface area contributed by atoms with Crippen molar-refractivity contribution in [3.8, 4) is 0 Å². The Labute approximate surface area is 146 Å². The number of morpholine rings is 1. The second kappa shape index (κ2) is 8.13. The first-order chi connectivity index (χ1) is 11.3. The van der Waals surface area contributed by atoms with Gasteiger partial charge in [0.05, 0.1) is 18.8 Å². The number of anilines is 1. The molecule has 0 spiro atoms. The maximum Gasteiger partial charge on any atom is 0.238 e. The summed E-state index contributed by atoms with van der Waals surface area (Å²) in [5.41, 5.74) is 3.42. The minimum absolute atomic E-state index is 0.0614. The molecule has 0 aliphatic carbocycles. The molecule has 1 fully saturated rings. The first-order valence-electron chi connectivity index (χ1n) is 9.08. The average Bonchev–Trinajstić information content (AvgIpc) is 2.45. The largest absolute Gasteiger partial charge is 0.373 e. The third-order valence-corrected chi connectivity index (χ3v) is 4.50. The fraction of sp³-hybridized carbons (Fsp3) is 0.650. The Balaban J connectivity index is 2.13. The summed E-state index contributed by atoms with van der Waals surface area (Å²) in [5.74, 6) is 0.816. The molecule has 4 heteroatoms. The highest BCUT2D eigenvalue weighted by atomic mass is 16.5. The van der Waals surface area contributed by atoms with Crippen LogP contribution in [0.2, 0.25) is 0 Å². The van der Waals surface area contributed by atoms with Gasteiger partial charge in [0.1, 0.15) is 0 Å². The second-order valence-electron chi connectivity index (χ2n) is 7.62. The Hall–Kier alpha value is -1.39. The van der Waals surface area contributed by atoms with Crippen molar-refractivity contribution in [2.45, 2.75) is 65.6 Å². The summed E-state index contributed by atoms with van der Waals surface area (Å²) in [4.78, 5) is 14.8. The first kappa shape index (κ1) is 18.9. The fourth-order valence-corrected chi connectivity index (χ4v) is 3.49. The fourth-order valence-electron chi connectivity index (χ4n) is 3.49. The lowest BCUT2D eigenvalue weighted by atomic mass is 9.92. The van der Waals surface area contributed by atoms with Gasteiger partial charge in [0.15, 0.2) is 0 Å². The molecule has 0 unspecified atom stereocenters. The maximum atomic E-state index is 12.7. The summed E-state index contributed by atoms with van der Waals surface area (Å²) >= 11 is 0. The molecular formula is C20H32N2O2. The van der Waals surface area contributed by atoms with E-state index in [4.69, 9.17) is 4.74 Å². The zero-order chi connectivity index (χ0) is 17.9. The van der Waals surface area contributed by atoms with Crippen molar-refractivity contribution < 1.29 is 9.53 Å². The third-order valence-electron chi connectivity index (χ3n) is 4.50. The van der Waals surface area contributed by atoms with Gasteiger partial charge in [0, 0.05) is 18.8 Å². The summed E-state index contributed by atoms with van der Waals surface area (Å²) in [7, 11) is 0. The Kier molecular flexibility index (Phi) is 6.41. The van der Waals surface area contributed by atoms with Crippen LogP contribution < -0.4 is 5.32 Å². The lowest BCUT2D eigenvalue weighted by molar-refractivity contribution is -0.121. The number of hydrogen-bond donors (Lipinski definition) is 1. The third kappa shape index (κ3) is 4.81. The summed E-state index contributed by atoms with van der Waals surface area (Å²) in [6, 6.07) is 6.32. The Morgan fingerprint density at radius 3 is 2.08 bits per heavy atom. The van der Waals surface area contributed by atoms with Gasteiger partial charge in [0.25, 0.3) is 0 Å². The topological polar surface area (TPSA) is 41.6 Å². The van der Waals surface area contributed by atoms with Gasteiger partial charge in [-0.25, -0.2) is 0 Å². The van der Waals surface area contributed by atoms with Crippen LogP contribution in [0.1, 0.15) is 64.5 Å². The molecule has 2 atom stereocenters. The number of carbonyl (C=O) groups excluding carboxylic acids is 1. The van der Waals surface area contributed by atoms with E-state index in [-0.39, 0.29) is 18.1 Å². The Morgan fingerprint density at radius 1 is 1.12 bits per heavy atom. The molecule has 2 rings (SSSR count). The molecule has 0 aromatic heterocycles. The molecule has 1 N–H and O–H groups in total. The van der Waals surface area contributed by atoms with Crippen LogP contribution in [0.25, 0.3) is 0 Å². The van der Waals surface area contributed by atoms with Crippen molar-refractivity contribution in [1.82, 2.24) is 4.90 Å². The molecule has 134 valence electrons. The predicted octanol–water partition coefficient (Wildman–Crippen LogP) is 3.98.